The Morgan fingerprint density at radius 1 is 0.390 bits per heavy atom. The summed E-state index contributed by atoms with van der Waals surface area (Å²) in [6.45, 7) is 15.8. The number of carbonyl (C=O) groups excluding carboxylic acids is 4. The number of hydrogen-bond donors (Lipinski definition) is 0. The third kappa shape index (κ3) is 34.7. The Morgan fingerprint density at radius 3 is 0.610 bits per heavy atom. The van der Waals surface area contributed by atoms with Gasteiger partial charge in [0, 0.05) is 46.3 Å². The van der Waals surface area contributed by atoms with Gasteiger partial charge in [-0.2, -0.15) is 0 Å². The van der Waals surface area contributed by atoms with Crippen LogP contribution in [0.1, 0.15) is 158 Å². The fourth-order valence-corrected chi connectivity index (χ4v) is 3.76. The SMILES string of the molecule is CCCCC(CC)C(=O)[O-].CCCCC(CC)C(=O)[O-].CCCCC(CC)C(=O)[O-].CCCCC(CC)C(=O)[O-].[Nb]. The second kappa shape index (κ2) is 36.6. The largest absolute Gasteiger partial charge is 0.550 e. The Kier molecular flexibility index (Phi) is 44.1. The molecule has 0 saturated carbocycles. The van der Waals surface area contributed by atoms with E-state index in [0.29, 0.717) is 25.7 Å². The van der Waals surface area contributed by atoms with Crippen LogP contribution in [0.2, 0.25) is 0 Å². The average Bonchev–Trinajstić information content (AvgIpc) is 2.91. The molecule has 245 valence electrons. The van der Waals surface area contributed by atoms with Gasteiger partial charge < -0.3 is 39.6 Å². The zero-order valence-electron chi connectivity index (χ0n) is 27.3. The molecule has 0 bridgehead atoms. The molecular weight excluding hydrogens is 605 g/mol. The molecule has 0 aromatic heterocycles. The van der Waals surface area contributed by atoms with Gasteiger partial charge in [0.1, 0.15) is 0 Å². The predicted molar refractivity (Wildman–Crippen MR) is 153 cm³/mol. The Bertz CT molecular complexity index is 509. The maximum Gasteiger partial charge on any atom is 0.0445 e. The second-order valence-electron chi connectivity index (χ2n) is 10.3. The molecule has 9 heteroatoms. The van der Waals surface area contributed by atoms with Crippen molar-refractivity contribution in [2.75, 3.05) is 0 Å². The molecule has 0 fully saturated rings. The first-order valence-corrected chi connectivity index (χ1v) is 15.7. The van der Waals surface area contributed by atoms with Crippen molar-refractivity contribution in [3.05, 3.63) is 0 Å². The quantitative estimate of drug-likeness (QED) is 0.178. The summed E-state index contributed by atoms with van der Waals surface area (Å²) in [5, 5.41) is 41.3. The molecule has 8 nitrogen and oxygen atoms in total. The summed E-state index contributed by atoms with van der Waals surface area (Å²) in [5.41, 5.74) is 0. The van der Waals surface area contributed by atoms with E-state index in [1.807, 2.05) is 27.7 Å². The van der Waals surface area contributed by atoms with E-state index in [4.69, 9.17) is 0 Å². The van der Waals surface area contributed by atoms with Gasteiger partial charge in [-0.3, -0.25) is 0 Å². The number of carbonyl (C=O) groups is 4. The molecule has 0 aromatic rings. The Hall–Kier alpha value is -1.38. The van der Waals surface area contributed by atoms with Crippen molar-refractivity contribution in [3.63, 3.8) is 0 Å². The van der Waals surface area contributed by atoms with E-state index in [1.165, 1.54) is 0 Å². The summed E-state index contributed by atoms with van der Waals surface area (Å²) in [7, 11) is 0. The number of unbranched alkanes of at least 4 members (excludes halogenated alkanes) is 4. The molecule has 0 amide bonds. The molecule has 4 unspecified atom stereocenters. The molecule has 0 rings (SSSR count). The number of carboxylic acids is 4. The first-order chi connectivity index (χ1) is 18.9. The number of hydrogen-bond acceptors (Lipinski definition) is 8. The van der Waals surface area contributed by atoms with Crippen LogP contribution in [0.3, 0.4) is 0 Å². The summed E-state index contributed by atoms with van der Waals surface area (Å²) in [5.74, 6) is -4.46. The predicted octanol–water partition coefficient (Wildman–Crippen LogP) is 3.81. The Labute approximate surface area is 267 Å². The summed E-state index contributed by atoms with van der Waals surface area (Å²) in [6.07, 6.45) is 14.1. The molecule has 0 N–H and O–H groups in total. The Balaban J connectivity index is -0.000000139. The minimum atomic E-state index is -0.893. The number of rotatable bonds is 20. The minimum Gasteiger partial charge on any atom is -0.550 e. The third-order valence-electron chi connectivity index (χ3n) is 6.93. The van der Waals surface area contributed by atoms with Gasteiger partial charge in [0.15, 0.2) is 0 Å². The molecule has 0 heterocycles. The van der Waals surface area contributed by atoms with Gasteiger partial charge in [-0.05, 0) is 75.0 Å². The van der Waals surface area contributed by atoms with Gasteiger partial charge in [-0.1, -0.05) is 107 Å². The molecular formula is C32H60NbO8-4. The van der Waals surface area contributed by atoms with Crippen LogP contribution in [0, 0.1) is 23.7 Å². The van der Waals surface area contributed by atoms with Crippen LogP contribution < -0.4 is 20.4 Å². The number of aliphatic carboxylic acids is 4. The van der Waals surface area contributed by atoms with Crippen molar-refractivity contribution in [3.8, 4) is 0 Å². The normalized spacial score (nSPS) is 12.7. The van der Waals surface area contributed by atoms with Gasteiger partial charge in [0.05, 0.1) is 0 Å². The van der Waals surface area contributed by atoms with Crippen LogP contribution in [0.5, 0.6) is 0 Å². The molecule has 0 aromatic carbocycles. The molecule has 1 radical (unpaired) electrons. The standard InChI is InChI=1S/4C8H16O2.Nb/c4*1-3-5-6-7(4-2)8(9)10;/h4*7H,3-6H2,1-2H3,(H,9,10);/p-4. The van der Waals surface area contributed by atoms with Gasteiger partial charge in [0.25, 0.3) is 0 Å². The van der Waals surface area contributed by atoms with Crippen LogP contribution >= 0.6 is 0 Å². The van der Waals surface area contributed by atoms with E-state index in [-0.39, 0.29) is 46.1 Å². The first-order valence-electron chi connectivity index (χ1n) is 15.7. The summed E-state index contributed by atoms with van der Waals surface area (Å²) in [4.78, 5) is 41.3. The minimum absolute atomic E-state index is 0. The zero-order valence-corrected chi connectivity index (χ0v) is 29.5. The fourth-order valence-electron chi connectivity index (χ4n) is 3.76. The molecule has 41 heavy (non-hydrogen) atoms. The monoisotopic (exact) mass is 665 g/mol. The van der Waals surface area contributed by atoms with Gasteiger partial charge in [0.2, 0.25) is 0 Å². The molecule has 0 saturated heterocycles. The van der Waals surface area contributed by atoms with E-state index < -0.39 is 23.9 Å². The fraction of sp³-hybridized carbons (Fsp3) is 0.875. The van der Waals surface area contributed by atoms with Crippen LogP contribution in [-0.2, 0) is 41.6 Å². The van der Waals surface area contributed by atoms with E-state index in [0.717, 1.165) is 77.0 Å². The van der Waals surface area contributed by atoms with E-state index >= 15 is 0 Å². The van der Waals surface area contributed by atoms with Crippen molar-refractivity contribution < 1.29 is 62.0 Å². The molecule has 0 spiro atoms. The van der Waals surface area contributed by atoms with E-state index in [2.05, 4.69) is 27.7 Å². The summed E-state index contributed by atoms with van der Waals surface area (Å²) >= 11 is 0. The molecule has 0 aliphatic carbocycles. The maximum absolute atomic E-state index is 10.3. The molecule has 0 aliphatic heterocycles. The van der Waals surface area contributed by atoms with Crippen LogP contribution in [0.25, 0.3) is 0 Å². The number of carboxylic acid groups (broad SMARTS) is 4. The molecule has 0 aliphatic rings. The van der Waals surface area contributed by atoms with E-state index in [9.17, 15) is 39.6 Å². The molecule has 4 atom stereocenters. The van der Waals surface area contributed by atoms with Crippen LogP contribution in [0.15, 0.2) is 0 Å². The third-order valence-corrected chi connectivity index (χ3v) is 6.93. The Morgan fingerprint density at radius 2 is 0.537 bits per heavy atom. The van der Waals surface area contributed by atoms with Crippen molar-refractivity contribution in [2.24, 2.45) is 23.7 Å². The first kappa shape index (κ1) is 49.3. The van der Waals surface area contributed by atoms with Crippen molar-refractivity contribution >= 4 is 23.9 Å². The van der Waals surface area contributed by atoms with Gasteiger partial charge in [-0.25, -0.2) is 0 Å². The summed E-state index contributed by atoms with van der Waals surface area (Å²) in [6, 6.07) is 0. The maximum atomic E-state index is 10.3. The van der Waals surface area contributed by atoms with Gasteiger partial charge in [-0.15, -0.1) is 0 Å². The average molecular weight is 666 g/mol. The van der Waals surface area contributed by atoms with E-state index in [1.54, 1.807) is 0 Å². The van der Waals surface area contributed by atoms with Crippen molar-refractivity contribution in [2.45, 2.75) is 158 Å². The van der Waals surface area contributed by atoms with Crippen LogP contribution in [-0.4, -0.2) is 23.9 Å². The van der Waals surface area contributed by atoms with Gasteiger partial charge >= 0.3 is 0 Å². The summed E-state index contributed by atoms with van der Waals surface area (Å²) < 4.78 is 0. The smallest absolute Gasteiger partial charge is 0.0445 e. The van der Waals surface area contributed by atoms with Crippen molar-refractivity contribution in [1.82, 2.24) is 0 Å². The topological polar surface area (TPSA) is 161 Å². The zero-order chi connectivity index (χ0) is 31.9. The second-order valence-corrected chi connectivity index (χ2v) is 10.3. The van der Waals surface area contributed by atoms with Crippen molar-refractivity contribution in [1.29, 1.82) is 0 Å². The van der Waals surface area contributed by atoms with Crippen LogP contribution in [0.4, 0.5) is 0 Å².